The molecule has 38 heavy (non-hydrogen) atoms. The quantitative estimate of drug-likeness (QED) is 0.535. The highest BCUT2D eigenvalue weighted by Crippen LogP contribution is 2.41. The summed E-state index contributed by atoms with van der Waals surface area (Å²) in [6.45, 7) is 3.68. The Balaban J connectivity index is 1.43. The fraction of sp³-hybridized carbons (Fsp3) is 0.367. The maximum absolute atomic E-state index is 13.9. The molecule has 3 aliphatic rings. The second-order valence-corrected chi connectivity index (χ2v) is 10.6. The number of likely N-dealkylation sites (tertiary alicyclic amines) is 1. The molecule has 198 valence electrons. The van der Waals surface area contributed by atoms with Crippen molar-refractivity contribution in [3.05, 3.63) is 94.5 Å². The van der Waals surface area contributed by atoms with Crippen LogP contribution in [-0.4, -0.2) is 53.2 Å². The van der Waals surface area contributed by atoms with E-state index < -0.39 is 12.0 Å². The molecule has 8 heteroatoms. The molecule has 0 bridgehead atoms. The lowest BCUT2D eigenvalue weighted by atomic mass is 9.76. The van der Waals surface area contributed by atoms with Crippen molar-refractivity contribution in [1.29, 1.82) is 0 Å². The van der Waals surface area contributed by atoms with E-state index in [0.717, 1.165) is 18.4 Å². The maximum atomic E-state index is 13.9. The van der Waals surface area contributed by atoms with Crippen molar-refractivity contribution in [3.8, 4) is 0 Å². The number of nitrogens with zero attached hydrogens (tertiary/aromatic N) is 2. The SMILES string of the molecule is CC(=O)N1CCC(CN2C(=O)c3ccccc3[C@@H](C(=O)NOCc3ccccc3)C2C2C=CC(Cl)=C2)CC1. The highest BCUT2D eigenvalue weighted by Gasteiger charge is 2.47. The van der Waals surface area contributed by atoms with Crippen LogP contribution < -0.4 is 5.48 Å². The molecule has 2 aromatic carbocycles. The van der Waals surface area contributed by atoms with E-state index >= 15 is 0 Å². The fourth-order valence-corrected chi connectivity index (χ4v) is 6.01. The molecule has 1 fully saturated rings. The summed E-state index contributed by atoms with van der Waals surface area (Å²) in [5, 5.41) is 0.593. The van der Waals surface area contributed by atoms with Crippen LogP contribution in [0.25, 0.3) is 0 Å². The topological polar surface area (TPSA) is 79.0 Å². The highest BCUT2D eigenvalue weighted by molar-refractivity contribution is 6.31. The van der Waals surface area contributed by atoms with E-state index in [9.17, 15) is 14.4 Å². The molecule has 7 nitrogen and oxygen atoms in total. The zero-order valence-electron chi connectivity index (χ0n) is 21.4. The van der Waals surface area contributed by atoms with Gasteiger partial charge in [0.2, 0.25) is 5.91 Å². The number of benzene rings is 2. The Morgan fingerprint density at radius 2 is 1.76 bits per heavy atom. The largest absolute Gasteiger partial charge is 0.343 e. The summed E-state index contributed by atoms with van der Waals surface area (Å²) in [4.78, 5) is 48.8. The van der Waals surface area contributed by atoms with E-state index in [-0.39, 0.29) is 36.2 Å². The minimum atomic E-state index is -0.648. The van der Waals surface area contributed by atoms with Crippen molar-refractivity contribution < 1.29 is 19.2 Å². The predicted octanol–water partition coefficient (Wildman–Crippen LogP) is 4.41. The third kappa shape index (κ3) is 5.54. The van der Waals surface area contributed by atoms with Crippen molar-refractivity contribution in [2.24, 2.45) is 11.8 Å². The van der Waals surface area contributed by atoms with E-state index in [0.29, 0.717) is 35.8 Å². The Bertz CT molecular complexity index is 1250. The molecule has 3 amide bonds. The first-order chi connectivity index (χ1) is 18.4. The molecule has 0 aromatic heterocycles. The molecule has 1 aliphatic carbocycles. The first-order valence-corrected chi connectivity index (χ1v) is 13.5. The molecule has 0 spiro atoms. The van der Waals surface area contributed by atoms with Gasteiger partial charge in [-0.1, -0.05) is 72.3 Å². The monoisotopic (exact) mass is 533 g/mol. The van der Waals surface area contributed by atoms with Gasteiger partial charge in [0.15, 0.2) is 0 Å². The molecule has 1 saturated heterocycles. The van der Waals surface area contributed by atoms with Crippen LogP contribution in [0.1, 0.15) is 47.2 Å². The van der Waals surface area contributed by atoms with Crippen LogP contribution >= 0.6 is 11.6 Å². The molecular formula is C30H32ClN3O4. The second kappa shape index (κ2) is 11.5. The van der Waals surface area contributed by atoms with E-state index in [1.54, 1.807) is 13.0 Å². The molecular weight excluding hydrogens is 502 g/mol. The molecule has 3 atom stereocenters. The van der Waals surface area contributed by atoms with Gasteiger partial charge in [-0.3, -0.25) is 19.2 Å². The molecule has 5 rings (SSSR count). The highest BCUT2D eigenvalue weighted by atomic mass is 35.5. The number of hydroxylamine groups is 1. The number of nitrogens with one attached hydrogen (secondary N) is 1. The van der Waals surface area contributed by atoms with Gasteiger partial charge in [-0.05, 0) is 42.0 Å². The van der Waals surface area contributed by atoms with Crippen molar-refractivity contribution in [3.63, 3.8) is 0 Å². The molecule has 2 aliphatic heterocycles. The normalized spacial score (nSPS) is 23.3. The number of allylic oxidation sites excluding steroid dienone is 2. The summed E-state index contributed by atoms with van der Waals surface area (Å²) in [6, 6.07) is 16.5. The molecule has 2 heterocycles. The smallest absolute Gasteiger partial charge is 0.254 e. The van der Waals surface area contributed by atoms with Gasteiger partial charge in [0.05, 0.1) is 18.6 Å². The summed E-state index contributed by atoms with van der Waals surface area (Å²) in [7, 11) is 0. The van der Waals surface area contributed by atoms with Gasteiger partial charge in [0.1, 0.15) is 0 Å². The van der Waals surface area contributed by atoms with Crippen molar-refractivity contribution >= 4 is 29.3 Å². The number of amides is 3. The second-order valence-electron chi connectivity index (χ2n) is 10.2. The number of piperidine rings is 1. The summed E-state index contributed by atoms with van der Waals surface area (Å²) < 4.78 is 0. The first-order valence-electron chi connectivity index (χ1n) is 13.1. The van der Waals surface area contributed by atoms with Gasteiger partial charge < -0.3 is 9.80 Å². The Labute approximate surface area is 228 Å². The number of rotatable bonds is 7. The Hall–Kier alpha value is -3.42. The molecule has 0 saturated carbocycles. The number of halogens is 1. The number of carbonyl (C=O) groups excluding carboxylic acids is 3. The first kappa shape index (κ1) is 26.2. The van der Waals surface area contributed by atoms with Crippen LogP contribution in [0.15, 0.2) is 77.9 Å². The van der Waals surface area contributed by atoms with Gasteiger partial charge in [0.25, 0.3) is 11.8 Å². The minimum absolute atomic E-state index is 0.0763. The third-order valence-corrected chi connectivity index (χ3v) is 8.02. The summed E-state index contributed by atoms with van der Waals surface area (Å²) in [6.07, 6.45) is 7.31. The lowest BCUT2D eigenvalue weighted by Gasteiger charge is -2.45. The van der Waals surface area contributed by atoms with Gasteiger partial charge in [0, 0.05) is 43.1 Å². The van der Waals surface area contributed by atoms with Crippen LogP contribution in [0.5, 0.6) is 0 Å². The van der Waals surface area contributed by atoms with Crippen LogP contribution in [0.2, 0.25) is 0 Å². The van der Waals surface area contributed by atoms with Gasteiger partial charge in [-0.15, -0.1) is 0 Å². The van der Waals surface area contributed by atoms with Gasteiger partial charge in [-0.2, -0.15) is 0 Å². The lowest BCUT2D eigenvalue weighted by Crippen LogP contribution is -2.56. The predicted molar refractivity (Wildman–Crippen MR) is 145 cm³/mol. The number of hydrogen-bond donors (Lipinski definition) is 1. The summed E-state index contributed by atoms with van der Waals surface area (Å²) in [5.41, 5.74) is 4.83. The fourth-order valence-electron chi connectivity index (χ4n) is 5.80. The van der Waals surface area contributed by atoms with Gasteiger partial charge in [-0.25, -0.2) is 5.48 Å². The zero-order valence-corrected chi connectivity index (χ0v) is 22.1. The average molecular weight is 534 g/mol. The minimum Gasteiger partial charge on any atom is -0.343 e. The van der Waals surface area contributed by atoms with Crippen LogP contribution in [-0.2, 0) is 21.0 Å². The number of hydrogen-bond acceptors (Lipinski definition) is 4. The third-order valence-electron chi connectivity index (χ3n) is 7.76. The summed E-state index contributed by atoms with van der Waals surface area (Å²) in [5.74, 6) is -0.948. The molecule has 0 radical (unpaired) electrons. The van der Waals surface area contributed by atoms with Crippen LogP contribution in [0.3, 0.4) is 0 Å². The van der Waals surface area contributed by atoms with Gasteiger partial charge >= 0.3 is 0 Å². The van der Waals surface area contributed by atoms with Crippen molar-refractivity contribution in [2.45, 2.75) is 38.3 Å². The standard InChI is InChI=1S/C30H32ClN3O4/c1-20(35)33-15-13-21(14-16-33)18-34-28(23-11-12-24(31)17-23)27(25-9-5-6-10-26(25)30(34)37)29(36)32-38-19-22-7-3-2-4-8-22/h2-12,17,21,23,27-28H,13-16,18-19H2,1H3,(H,32,36)/t23?,27-,28?/m1/s1. The molecule has 1 N–H and O–H groups in total. The Morgan fingerprint density at radius 1 is 1.05 bits per heavy atom. The summed E-state index contributed by atoms with van der Waals surface area (Å²) >= 11 is 6.33. The zero-order chi connectivity index (χ0) is 26.6. The van der Waals surface area contributed by atoms with Crippen LogP contribution in [0, 0.1) is 11.8 Å². The van der Waals surface area contributed by atoms with E-state index in [1.807, 2.05) is 76.6 Å². The Kier molecular flexibility index (Phi) is 7.95. The van der Waals surface area contributed by atoms with Crippen molar-refractivity contribution in [1.82, 2.24) is 15.3 Å². The van der Waals surface area contributed by atoms with E-state index in [2.05, 4.69) is 5.48 Å². The van der Waals surface area contributed by atoms with E-state index in [1.165, 1.54) is 0 Å². The molecule has 2 unspecified atom stereocenters. The Morgan fingerprint density at radius 3 is 2.45 bits per heavy atom. The average Bonchev–Trinajstić information content (AvgIpc) is 3.36. The maximum Gasteiger partial charge on any atom is 0.254 e. The van der Waals surface area contributed by atoms with Crippen LogP contribution in [0.4, 0.5) is 0 Å². The number of fused-ring (bicyclic) bond motifs is 1. The lowest BCUT2D eigenvalue weighted by molar-refractivity contribution is -0.138. The number of carbonyl (C=O) groups is 3. The van der Waals surface area contributed by atoms with E-state index in [4.69, 9.17) is 16.4 Å². The molecule has 2 aromatic rings. The van der Waals surface area contributed by atoms with Crippen molar-refractivity contribution in [2.75, 3.05) is 19.6 Å².